The van der Waals surface area contributed by atoms with Crippen LogP contribution in [0.25, 0.3) is 0 Å². The van der Waals surface area contributed by atoms with Gasteiger partial charge in [-0.25, -0.2) is 0 Å². The van der Waals surface area contributed by atoms with E-state index in [2.05, 4.69) is 0 Å². The molecule has 0 fully saturated rings. The van der Waals surface area contributed by atoms with Crippen molar-refractivity contribution in [3.63, 3.8) is 0 Å². The molecule has 0 saturated carbocycles. The van der Waals surface area contributed by atoms with Crippen molar-refractivity contribution in [2.24, 2.45) is 5.73 Å². The molecule has 0 saturated heterocycles. The third-order valence-corrected chi connectivity index (χ3v) is 2.60. The number of alkyl halides is 3. The molecule has 3 N–H and O–H groups in total. The first-order valence-corrected chi connectivity index (χ1v) is 6.13. The summed E-state index contributed by atoms with van der Waals surface area (Å²) in [5.74, 6) is -0.420. The first-order valence-electron chi connectivity index (χ1n) is 6.13. The Morgan fingerprint density at radius 1 is 1.35 bits per heavy atom. The molecule has 7 heteroatoms. The van der Waals surface area contributed by atoms with Crippen molar-refractivity contribution >= 4 is 5.91 Å². The van der Waals surface area contributed by atoms with Crippen LogP contribution in [-0.2, 0) is 4.79 Å². The smallest absolute Gasteiger partial charge is 0.405 e. The van der Waals surface area contributed by atoms with E-state index in [0.29, 0.717) is 5.75 Å². The zero-order valence-corrected chi connectivity index (χ0v) is 11.0. The van der Waals surface area contributed by atoms with E-state index in [-0.39, 0.29) is 6.04 Å². The third-order valence-electron chi connectivity index (χ3n) is 2.60. The van der Waals surface area contributed by atoms with Crippen LogP contribution in [0, 0.1) is 0 Å². The lowest BCUT2D eigenvalue weighted by molar-refractivity contribution is -0.139. The molecule has 1 aromatic carbocycles. The summed E-state index contributed by atoms with van der Waals surface area (Å²) in [7, 11) is 0. The number of carbonyl (C=O) groups is 1. The van der Waals surface area contributed by atoms with Gasteiger partial charge in [-0.3, -0.25) is 4.79 Å². The fraction of sp³-hybridized carbons (Fsp3) is 0.462. The van der Waals surface area contributed by atoms with E-state index in [9.17, 15) is 18.0 Å². The van der Waals surface area contributed by atoms with Crippen molar-refractivity contribution in [2.45, 2.75) is 25.6 Å². The van der Waals surface area contributed by atoms with Crippen molar-refractivity contribution in [3.8, 4) is 5.75 Å². The molecule has 1 atom stereocenters. The summed E-state index contributed by atoms with van der Waals surface area (Å²) in [5.41, 5.74) is 6.77. The number of amides is 1. The molecule has 1 rings (SSSR count). The minimum Gasteiger partial charge on any atom is -0.484 e. The van der Waals surface area contributed by atoms with Crippen LogP contribution < -0.4 is 15.8 Å². The fourth-order valence-electron chi connectivity index (χ4n) is 1.45. The molecule has 0 aliphatic heterocycles. The molecule has 0 aromatic heterocycles. The van der Waals surface area contributed by atoms with E-state index in [1.54, 1.807) is 29.6 Å². The second kappa shape index (κ2) is 7.14. The van der Waals surface area contributed by atoms with Crippen molar-refractivity contribution in [3.05, 3.63) is 29.8 Å². The van der Waals surface area contributed by atoms with E-state index in [1.165, 1.54) is 0 Å². The van der Waals surface area contributed by atoms with E-state index in [1.807, 2.05) is 6.92 Å². The number of nitrogens with two attached hydrogens (primary N) is 1. The molecule has 0 aliphatic carbocycles. The topological polar surface area (TPSA) is 64.3 Å². The van der Waals surface area contributed by atoms with E-state index < -0.39 is 25.2 Å². The summed E-state index contributed by atoms with van der Waals surface area (Å²) in [6.07, 6.45) is -3.63. The minimum absolute atomic E-state index is 0.0702. The summed E-state index contributed by atoms with van der Waals surface area (Å²) in [4.78, 5) is 11.1. The number of hydrogen-bond acceptors (Lipinski definition) is 3. The summed E-state index contributed by atoms with van der Waals surface area (Å²) < 4.78 is 40.7. The van der Waals surface area contributed by atoms with Crippen LogP contribution in [0.4, 0.5) is 13.2 Å². The van der Waals surface area contributed by atoms with Gasteiger partial charge in [-0.1, -0.05) is 19.1 Å². The Morgan fingerprint density at radius 2 is 1.95 bits per heavy atom. The highest BCUT2D eigenvalue weighted by molar-refractivity contribution is 5.77. The molecule has 0 heterocycles. The van der Waals surface area contributed by atoms with Crippen LogP contribution in [0.3, 0.4) is 0 Å². The van der Waals surface area contributed by atoms with Gasteiger partial charge >= 0.3 is 6.18 Å². The van der Waals surface area contributed by atoms with Gasteiger partial charge in [-0.05, 0) is 24.1 Å². The second-order valence-corrected chi connectivity index (χ2v) is 4.26. The highest BCUT2D eigenvalue weighted by Crippen LogP contribution is 2.18. The van der Waals surface area contributed by atoms with Crippen molar-refractivity contribution < 1.29 is 22.7 Å². The first-order chi connectivity index (χ1) is 9.31. The first kappa shape index (κ1) is 16.3. The highest BCUT2D eigenvalue weighted by Gasteiger charge is 2.27. The Kier molecular flexibility index (Phi) is 5.82. The molecule has 4 nitrogen and oxygen atoms in total. The number of carbonyl (C=O) groups excluding carboxylic acids is 1. The van der Waals surface area contributed by atoms with E-state index in [0.717, 1.165) is 12.0 Å². The van der Waals surface area contributed by atoms with Crippen LogP contribution in [0.5, 0.6) is 5.75 Å². The van der Waals surface area contributed by atoms with Crippen LogP contribution in [-0.4, -0.2) is 25.2 Å². The predicted molar refractivity (Wildman–Crippen MR) is 68.2 cm³/mol. The van der Waals surface area contributed by atoms with Gasteiger partial charge in [0.25, 0.3) is 5.91 Å². The van der Waals surface area contributed by atoms with Gasteiger partial charge < -0.3 is 15.8 Å². The Balaban J connectivity index is 2.40. The lowest BCUT2D eigenvalue weighted by Crippen LogP contribution is -2.36. The van der Waals surface area contributed by atoms with Crippen molar-refractivity contribution in [2.75, 3.05) is 13.2 Å². The highest BCUT2D eigenvalue weighted by atomic mass is 19.4. The van der Waals surface area contributed by atoms with Gasteiger partial charge in [0.05, 0.1) is 0 Å². The van der Waals surface area contributed by atoms with Crippen LogP contribution >= 0.6 is 0 Å². The molecule has 112 valence electrons. The zero-order valence-electron chi connectivity index (χ0n) is 11.0. The molecular formula is C13H17F3N2O2. The van der Waals surface area contributed by atoms with Gasteiger partial charge in [0.15, 0.2) is 6.61 Å². The Hall–Kier alpha value is -1.76. The Bertz CT molecular complexity index is 432. The third kappa shape index (κ3) is 5.92. The number of halogens is 3. The largest absolute Gasteiger partial charge is 0.484 e. The normalized spacial score (nSPS) is 12.8. The predicted octanol–water partition coefficient (Wildman–Crippen LogP) is 2.15. The van der Waals surface area contributed by atoms with Crippen molar-refractivity contribution in [1.82, 2.24) is 5.32 Å². The number of hydrogen-bond donors (Lipinski definition) is 2. The molecule has 1 aromatic rings. The van der Waals surface area contributed by atoms with Gasteiger partial charge in [-0.2, -0.15) is 13.2 Å². The second-order valence-electron chi connectivity index (χ2n) is 4.26. The van der Waals surface area contributed by atoms with Crippen LogP contribution in [0.1, 0.15) is 24.9 Å². The zero-order chi connectivity index (χ0) is 15.2. The van der Waals surface area contributed by atoms with Gasteiger partial charge in [0.1, 0.15) is 12.3 Å². The standard InChI is InChI=1S/C13H17F3N2O2/c1-2-11(17)9-3-5-10(6-4-9)20-7-12(19)18-8-13(14,15)16/h3-6,11H,2,7-8,17H2,1H3,(H,18,19). The number of nitrogens with one attached hydrogen (secondary N) is 1. The maximum absolute atomic E-state index is 11.9. The van der Waals surface area contributed by atoms with E-state index >= 15 is 0 Å². The molecule has 0 radical (unpaired) electrons. The maximum Gasteiger partial charge on any atom is 0.405 e. The maximum atomic E-state index is 11.9. The molecule has 0 spiro atoms. The van der Waals surface area contributed by atoms with Crippen LogP contribution in [0.2, 0.25) is 0 Å². The molecule has 20 heavy (non-hydrogen) atoms. The van der Waals surface area contributed by atoms with Gasteiger partial charge in [-0.15, -0.1) is 0 Å². The van der Waals surface area contributed by atoms with Gasteiger partial charge in [0, 0.05) is 6.04 Å². The lowest BCUT2D eigenvalue weighted by Gasteiger charge is -2.11. The summed E-state index contributed by atoms with van der Waals surface area (Å²) in [6, 6.07) is 6.71. The summed E-state index contributed by atoms with van der Waals surface area (Å²) >= 11 is 0. The molecule has 1 amide bonds. The summed E-state index contributed by atoms with van der Waals surface area (Å²) in [6.45, 7) is 0.134. The fourth-order valence-corrected chi connectivity index (χ4v) is 1.45. The lowest BCUT2D eigenvalue weighted by atomic mass is 10.1. The molecule has 1 unspecified atom stereocenters. The quantitative estimate of drug-likeness (QED) is 0.843. The van der Waals surface area contributed by atoms with Crippen LogP contribution in [0.15, 0.2) is 24.3 Å². The number of rotatable bonds is 6. The number of ether oxygens (including phenoxy) is 1. The SMILES string of the molecule is CCC(N)c1ccc(OCC(=O)NCC(F)(F)F)cc1. The molecule has 0 aliphatic rings. The number of benzene rings is 1. The molecular weight excluding hydrogens is 273 g/mol. The van der Waals surface area contributed by atoms with Crippen molar-refractivity contribution in [1.29, 1.82) is 0 Å². The minimum atomic E-state index is -4.42. The Labute approximate surface area is 115 Å². The summed E-state index contributed by atoms with van der Waals surface area (Å²) in [5, 5.41) is 1.72. The van der Waals surface area contributed by atoms with E-state index in [4.69, 9.17) is 10.5 Å². The van der Waals surface area contributed by atoms with Gasteiger partial charge in [0.2, 0.25) is 0 Å². The monoisotopic (exact) mass is 290 g/mol. The average Bonchev–Trinajstić information content (AvgIpc) is 2.41. The average molecular weight is 290 g/mol. The Morgan fingerprint density at radius 3 is 2.45 bits per heavy atom. The molecule has 0 bridgehead atoms.